The molecule has 6 rings (SSSR count). The zero-order chi connectivity index (χ0) is 24.2. The van der Waals surface area contributed by atoms with Gasteiger partial charge in [-0.2, -0.15) is 4.68 Å². The Hall–Kier alpha value is -3.22. The highest BCUT2D eigenvalue weighted by atomic mass is 16.5. The molecule has 12 nitrogen and oxygen atoms in total. The van der Waals surface area contributed by atoms with Gasteiger partial charge in [0.05, 0.1) is 36.0 Å². The standard InChI is InChI=1S/C23H27N7O5/c1-14-18(12-35-21(14)32)28-5-4-23(22(28)33)6-16-10-34-11-17(7-23)29(16)9-19(31)15-2-3-20(24-8-15)30-13-25-26-27-30/h2-3,8,13,16-17,19,31H,4-7,9-12H2,1H3/t16?,17?,19-,23?/m1/s1. The molecule has 0 aliphatic carbocycles. The van der Waals surface area contributed by atoms with Crippen LogP contribution in [0, 0.1) is 5.41 Å². The molecule has 0 saturated carbocycles. The fourth-order valence-electron chi connectivity index (χ4n) is 5.97. The van der Waals surface area contributed by atoms with Crippen molar-refractivity contribution in [3.63, 3.8) is 0 Å². The highest BCUT2D eigenvalue weighted by Crippen LogP contribution is 2.49. The van der Waals surface area contributed by atoms with Crippen LogP contribution in [0.2, 0.25) is 0 Å². The molecule has 0 radical (unpaired) electrons. The van der Waals surface area contributed by atoms with E-state index in [9.17, 15) is 14.7 Å². The third-order valence-corrected chi connectivity index (χ3v) is 7.85. The molecule has 0 aromatic carbocycles. The molecule has 4 aliphatic heterocycles. The van der Waals surface area contributed by atoms with Crippen molar-refractivity contribution in [3.8, 4) is 5.82 Å². The number of nitrogens with zero attached hydrogens (tertiary/aromatic N) is 7. The predicted molar refractivity (Wildman–Crippen MR) is 119 cm³/mol. The molecule has 1 amide bonds. The van der Waals surface area contributed by atoms with Crippen molar-refractivity contribution >= 4 is 11.9 Å². The first-order valence-electron chi connectivity index (χ1n) is 11.8. The Morgan fingerprint density at radius 3 is 2.66 bits per heavy atom. The monoisotopic (exact) mass is 481 g/mol. The molecule has 3 atom stereocenters. The largest absolute Gasteiger partial charge is 0.456 e. The molecule has 4 aliphatic rings. The molecular weight excluding hydrogens is 454 g/mol. The van der Waals surface area contributed by atoms with Crippen LogP contribution in [-0.4, -0.2) is 97.0 Å². The highest BCUT2D eigenvalue weighted by molar-refractivity contribution is 5.94. The number of piperidine rings is 1. The summed E-state index contributed by atoms with van der Waals surface area (Å²) in [5.74, 6) is 0.313. The molecule has 12 heteroatoms. The Balaban J connectivity index is 1.16. The van der Waals surface area contributed by atoms with Crippen LogP contribution < -0.4 is 0 Å². The van der Waals surface area contributed by atoms with Crippen LogP contribution in [0.1, 0.15) is 37.9 Å². The zero-order valence-corrected chi connectivity index (χ0v) is 19.4. The Morgan fingerprint density at radius 1 is 1.23 bits per heavy atom. The summed E-state index contributed by atoms with van der Waals surface area (Å²) >= 11 is 0. The smallest absolute Gasteiger partial charge is 0.336 e. The molecule has 2 bridgehead atoms. The lowest BCUT2D eigenvalue weighted by atomic mass is 9.70. The number of likely N-dealkylation sites (tertiary alicyclic amines) is 1. The van der Waals surface area contributed by atoms with Gasteiger partial charge in [0.25, 0.3) is 0 Å². The van der Waals surface area contributed by atoms with E-state index in [0.717, 1.165) is 6.42 Å². The van der Waals surface area contributed by atoms with E-state index in [0.29, 0.717) is 61.8 Å². The molecule has 35 heavy (non-hydrogen) atoms. The Bertz CT molecular complexity index is 1150. The maximum Gasteiger partial charge on any atom is 0.336 e. The van der Waals surface area contributed by atoms with Gasteiger partial charge in [0.15, 0.2) is 5.82 Å². The summed E-state index contributed by atoms with van der Waals surface area (Å²) in [6, 6.07) is 3.66. The Labute approximate surface area is 201 Å². The summed E-state index contributed by atoms with van der Waals surface area (Å²) in [5, 5.41) is 22.0. The van der Waals surface area contributed by atoms with Crippen molar-refractivity contribution < 1.29 is 24.2 Å². The molecule has 2 aromatic heterocycles. The minimum Gasteiger partial charge on any atom is -0.456 e. The van der Waals surface area contributed by atoms with Gasteiger partial charge in [-0.15, -0.1) is 5.10 Å². The molecule has 3 saturated heterocycles. The van der Waals surface area contributed by atoms with Gasteiger partial charge >= 0.3 is 5.97 Å². The molecule has 2 aromatic rings. The topological polar surface area (TPSA) is 136 Å². The SMILES string of the molecule is CC1=C(N2CCC3(CC4COCC(C3)N4C[C@@H](O)c3ccc(-n4cnnn4)nc3)C2=O)COC1=O. The number of aliphatic hydroxyl groups is 1. The van der Waals surface area contributed by atoms with Crippen molar-refractivity contribution in [2.24, 2.45) is 5.41 Å². The van der Waals surface area contributed by atoms with Crippen LogP contribution in [0.15, 0.2) is 35.9 Å². The van der Waals surface area contributed by atoms with Crippen LogP contribution in [0.4, 0.5) is 0 Å². The minimum absolute atomic E-state index is 0.0334. The highest BCUT2D eigenvalue weighted by Gasteiger charge is 2.56. The van der Waals surface area contributed by atoms with Gasteiger partial charge in [-0.3, -0.25) is 9.69 Å². The molecule has 184 valence electrons. The first kappa shape index (κ1) is 22.3. The second-order valence-corrected chi connectivity index (χ2v) is 9.81. The number of tetrazole rings is 1. The van der Waals surface area contributed by atoms with E-state index in [-0.39, 0.29) is 30.6 Å². The van der Waals surface area contributed by atoms with Crippen LogP contribution >= 0.6 is 0 Å². The van der Waals surface area contributed by atoms with Crippen molar-refractivity contribution in [2.75, 3.05) is 32.9 Å². The Morgan fingerprint density at radius 2 is 2.03 bits per heavy atom. The molecular formula is C23H27N7O5. The van der Waals surface area contributed by atoms with Crippen molar-refractivity contribution in [1.82, 2.24) is 35.0 Å². The van der Waals surface area contributed by atoms with Crippen LogP contribution in [0.3, 0.4) is 0 Å². The van der Waals surface area contributed by atoms with E-state index in [1.54, 1.807) is 24.1 Å². The maximum atomic E-state index is 13.6. The third-order valence-electron chi connectivity index (χ3n) is 7.85. The fraction of sp³-hybridized carbons (Fsp3) is 0.565. The summed E-state index contributed by atoms with van der Waals surface area (Å²) < 4.78 is 12.4. The minimum atomic E-state index is -0.729. The number of esters is 1. The van der Waals surface area contributed by atoms with E-state index >= 15 is 0 Å². The van der Waals surface area contributed by atoms with E-state index in [1.807, 2.05) is 6.07 Å². The number of fused-ring (bicyclic) bond motifs is 2. The molecule has 1 N–H and O–H groups in total. The van der Waals surface area contributed by atoms with E-state index in [4.69, 9.17) is 9.47 Å². The number of amides is 1. The molecule has 3 fully saturated rings. The number of aromatic nitrogens is 5. The molecule has 2 unspecified atom stereocenters. The number of morpholine rings is 1. The number of hydrogen-bond donors (Lipinski definition) is 1. The number of aliphatic hydroxyl groups excluding tert-OH is 1. The summed E-state index contributed by atoms with van der Waals surface area (Å²) in [6.45, 7) is 3.98. The zero-order valence-electron chi connectivity index (χ0n) is 19.4. The average Bonchev–Trinajstić information content (AvgIpc) is 3.57. The number of carbonyl (C=O) groups excluding carboxylic acids is 2. The van der Waals surface area contributed by atoms with Crippen molar-refractivity contribution in [2.45, 2.75) is 44.4 Å². The maximum absolute atomic E-state index is 13.6. The van der Waals surface area contributed by atoms with Crippen LogP contribution in [0.25, 0.3) is 5.82 Å². The van der Waals surface area contributed by atoms with Crippen LogP contribution in [0.5, 0.6) is 0 Å². The van der Waals surface area contributed by atoms with E-state index < -0.39 is 11.5 Å². The number of carbonyl (C=O) groups is 2. The van der Waals surface area contributed by atoms with Gasteiger partial charge in [-0.05, 0) is 42.7 Å². The molecule has 6 heterocycles. The van der Waals surface area contributed by atoms with Crippen LogP contribution in [-0.2, 0) is 19.1 Å². The van der Waals surface area contributed by atoms with Gasteiger partial charge in [0.1, 0.15) is 12.9 Å². The van der Waals surface area contributed by atoms with Crippen molar-refractivity contribution in [1.29, 1.82) is 0 Å². The van der Waals surface area contributed by atoms with Gasteiger partial charge in [-0.1, -0.05) is 6.07 Å². The average molecular weight is 482 g/mol. The second-order valence-electron chi connectivity index (χ2n) is 9.81. The third kappa shape index (κ3) is 3.72. The lowest BCUT2D eigenvalue weighted by Gasteiger charge is -2.52. The summed E-state index contributed by atoms with van der Waals surface area (Å²) in [5.41, 5.74) is 1.47. The Kier molecular flexibility index (Phi) is 5.38. The second kappa shape index (κ2) is 8.47. The summed E-state index contributed by atoms with van der Waals surface area (Å²) in [4.78, 5) is 33.9. The number of cyclic esters (lactones) is 1. The lowest BCUT2D eigenvalue weighted by molar-refractivity contribution is -0.152. The lowest BCUT2D eigenvalue weighted by Crippen LogP contribution is -2.61. The number of hydrogen-bond acceptors (Lipinski definition) is 10. The number of pyridine rings is 1. The van der Waals surface area contributed by atoms with E-state index in [1.165, 1.54) is 11.0 Å². The normalized spacial score (nSPS) is 29.8. The predicted octanol–water partition coefficient (Wildman–Crippen LogP) is 0.00340. The number of rotatable bonds is 5. The van der Waals surface area contributed by atoms with Gasteiger partial charge < -0.3 is 19.5 Å². The van der Waals surface area contributed by atoms with E-state index in [2.05, 4.69) is 25.4 Å². The quantitative estimate of drug-likeness (QED) is 0.581. The van der Waals surface area contributed by atoms with Crippen molar-refractivity contribution in [3.05, 3.63) is 41.5 Å². The summed E-state index contributed by atoms with van der Waals surface area (Å²) in [7, 11) is 0. The number of ether oxygens (including phenoxy) is 2. The van der Waals surface area contributed by atoms with Gasteiger partial charge in [-0.25, -0.2) is 9.78 Å². The first-order chi connectivity index (χ1) is 16.9. The van der Waals surface area contributed by atoms with Gasteiger partial charge in [0.2, 0.25) is 5.91 Å². The molecule has 1 spiro atoms. The van der Waals surface area contributed by atoms with Gasteiger partial charge in [0, 0.05) is 36.9 Å². The first-order valence-corrected chi connectivity index (χ1v) is 11.8. The fourth-order valence-corrected chi connectivity index (χ4v) is 5.97. The summed E-state index contributed by atoms with van der Waals surface area (Å²) in [6.07, 6.45) is 4.46.